The van der Waals surface area contributed by atoms with E-state index < -0.39 is 80.0 Å². The van der Waals surface area contributed by atoms with Gasteiger partial charge in [-0.1, -0.05) is 55.5 Å². The third kappa shape index (κ3) is 6.01. The number of hydrogen-bond acceptors (Lipinski definition) is 3. The molecule has 2 aliphatic rings. The van der Waals surface area contributed by atoms with Gasteiger partial charge in [0.15, 0.2) is 0 Å². The SMILES string of the molecule is [2H]C1C([2H])([2H])N(C([2H])([2H])c2ccc(/C(C)=N/OC([2H])([2H])c3ccc(C4([2H])CCCCC4)c(C(F)(F)F)c3)cc2C([2H])([2H])C([2H])([2H])[2H])C1([2H])[2H]. The van der Waals surface area contributed by atoms with Gasteiger partial charge in [0.05, 0.1) is 14.0 Å². The van der Waals surface area contributed by atoms with E-state index in [1.807, 2.05) is 0 Å². The Morgan fingerprint density at radius 2 is 1.97 bits per heavy atom. The maximum Gasteiger partial charge on any atom is 0.416 e. The van der Waals surface area contributed by atoms with Gasteiger partial charge in [0, 0.05) is 24.3 Å². The van der Waals surface area contributed by atoms with Crippen molar-refractivity contribution in [3.8, 4) is 0 Å². The summed E-state index contributed by atoms with van der Waals surface area (Å²) >= 11 is 0. The first-order valence-electron chi connectivity index (χ1n) is 18.4. The topological polar surface area (TPSA) is 24.8 Å². The maximum absolute atomic E-state index is 14.2. The molecule has 0 bridgehead atoms. The van der Waals surface area contributed by atoms with Crippen LogP contribution >= 0.6 is 0 Å². The normalized spacial score (nSPS) is 30.7. The lowest BCUT2D eigenvalue weighted by Crippen LogP contribution is -2.36. The standard InChI is InChI=1S/C28H35F3N2O/c1-3-22-17-24(11-12-25(22)18-33-14-7-15-33)20(2)32-34-19-21-10-13-26(23-8-5-4-6-9-23)27(16-21)28(29,30)31/h10-13,16-17,23H,3-9,14-15,18-19H2,1-2H3/b32-20+/i1D3,3D2,7D,14D2,15D2,18D2,19D2,23D. The average molecular weight is 488 g/mol. The van der Waals surface area contributed by atoms with Crippen molar-refractivity contribution in [2.75, 3.05) is 13.0 Å². The lowest BCUT2D eigenvalue weighted by molar-refractivity contribution is -0.138. The van der Waals surface area contributed by atoms with E-state index >= 15 is 0 Å². The minimum absolute atomic E-state index is 0.0780. The third-order valence-corrected chi connectivity index (χ3v) is 5.70. The number of rotatable bonds is 8. The Balaban J connectivity index is 1.74. The van der Waals surface area contributed by atoms with Crippen LogP contribution in [0.4, 0.5) is 13.2 Å². The van der Waals surface area contributed by atoms with Crippen LogP contribution in [0.3, 0.4) is 0 Å². The molecule has 2 aromatic carbocycles. The molecule has 0 atom stereocenters. The number of oxime groups is 1. The molecule has 1 heterocycles. The first-order chi connectivity index (χ1) is 22.0. The van der Waals surface area contributed by atoms with E-state index in [-0.39, 0.29) is 34.6 Å². The molecule has 0 N–H and O–H groups in total. The number of benzene rings is 2. The Labute approximate surface area is 222 Å². The van der Waals surface area contributed by atoms with Crippen molar-refractivity contribution in [1.82, 2.24) is 4.90 Å². The summed E-state index contributed by atoms with van der Waals surface area (Å²) < 4.78 is 165. The molecule has 34 heavy (non-hydrogen) atoms. The van der Waals surface area contributed by atoms with Crippen molar-refractivity contribution in [3.05, 3.63) is 69.8 Å². The van der Waals surface area contributed by atoms with E-state index in [1.165, 1.54) is 6.92 Å². The summed E-state index contributed by atoms with van der Waals surface area (Å²) in [6.45, 7) is -14.1. The molecule has 2 fully saturated rings. The van der Waals surface area contributed by atoms with E-state index in [2.05, 4.69) is 5.16 Å². The lowest BCUT2D eigenvalue weighted by atomic mass is 9.81. The van der Waals surface area contributed by atoms with Crippen LogP contribution in [-0.4, -0.2) is 23.6 Å². The van der Waals surface area contributed by atoms with Gasteiger partial charge in [0.25, 0.3) is 0 Å². The molecule has 4 rings (SSSR count). The fourth-order valence-corrected chi connectivity index (χ4v) is 3.88. The van der Waals surface area contributed by atoms with Crippen LogP contribution in [0.1, 0.15) is 112 Å². The Morgan fingerprint density at radius 1 is 1.18 bits per heavy atom. The molecule has 1 saturated heterocycles. The van der Waals surface area contributed by atoms with E-state index in [4.69, 9.17) is 25.4 Å². The van der Waals surface area contributed by atoms with Crippen molar-refractivity contribution in [1.29, 1.82) is 0 Å². The second kappa shape index (κ2) is 10.9. The van der Waals surface area contributed by atoms with Gasteiger partial charge in [-0.25, -0.2) is 0 Å². The zero-order valence-electron chi connectivity index (χ0n) is 33.5. The summed E-state index contributed by atoms with van der Waals surface area (Å²) in [5.74, 6) is -1.49. The van der Waals surface area contributed by atoms with Crippen LogP contribution < -0.4 is 0 Å². The number of aryl methyl sites for hydroxylation is 1. The van der Waals surface area contributed by atoms with E-state index in [0.29, 0.717) is 18.9 Å². The molecule has 6 heteroatoms. The van der Waals surface area contributed by atoms with E-state index in [1.54, 1.807) is 0 Å². The summed E-state index contributed by atoms with van der Waals surface area (Å²) in [5.41, 5.74) is -3.98. The minimum Gasteiger partial charge on any atom is -0.391 e. The maximum atomic E-state index is 14.2. The van der Waals surface area contributed by atoms with Crippen LogP contribution in [-0.2, 0) is 30.4 Å². The number of likely N-dealkylation sites (tertiary alicyclic amines) is 1. The fourth-order valence-electron chi connectivity index (χ4n) is 3.88. The Kier molecular flexibility index (Phi) is 3.88. The molecule has 1 aliphatic heterocycles. The van der Waals surface area contributed by atoms with Crippen LogP contribution in [0.5, 0.6) is 0 Å². The van der Waals surface area contributed by atoms with Gasteiger partial charge in [-0.05, 0) is 91.4 Å². The van der Waals surface area contributed by atoms with Crippen LogP contribution in [0.15, 0.2) is 41.6 Å². The Hall–Kier alpha value is -2.34. The summed E-state index contributed by atoms with van der Waals surface area (Å²) in [6, 6.07) is 5.56. The zero-order chi connectivity index (χ0) is 37.4. The zero-order valence-corrected chi connectivity index (χ0v) is 18.5. The first-order valence-corrected chi connectivity index (χ1v) is 10.9. The van der Waals surface area contributed by atoms with E-state index in [9.17, 15) is 13.2 Å². The molecule has 3 nitrogen and oxygen atoms in total. The number of nitrogens with zero attached hydrogens (tertiary/aromatic N) is 2. The van der Waals surface area contributed by atoms with Crippen molar-refractivity contribution in [2.45, 2.75) is 83.8 Å². The summed E-state index contributed by atoms with van der Waals surface area (Å²) in [5, 5.41) is 3.67. The molecule has 0 radical (unpaired) electrons. The van der Waals surface area contributed by atoms with Gasteiger partial charge in [0.1, 0.15) is 6.56 Å². The van der Waals surface area contributed by atoms with Crippen LogP contribution in [0.25, 0.3) is 0 Å². The number of hydrogen-bond donors (Lipinski definition) is 0. The van der Waals surface area contributed by atoms with Gasteiger partial charge in [-0.2, -0.15) is 13.2 Å². The van der Waals surface area contributed by atoms with E-state index in [0.717, 1.165) is 36.8 Å². The Bertz CT molecular complexity index is 1590. The molecular weight excluding hydrogens is 437 g/mol. The summed E-state index contributed by atoms with van der Waals surface area (Å²) in [6.07, 6.45) is -7.87. The summed E-state index contributed by atoms with van der Waals surface area (Å²) in [7, 11) is 0. The largest absolute Gasteiger partial charge is 0.416 e. The second-order valence-corrected chi connectivity index (χ2v) is 8.03. The van der Waals surface area contributed by atoms with Crippen molar-refractivity contribution in [2.24, 2.45) is 5.16 Å². The molecule has 0 unspecified atom stereocenters. The van der Waals surface area contributed by atoms with Gasteiger partial charge in [-0.15, -0.1) is 0 Å². The van der Waals surface area contributed by atoms with Crippen molar-refractivity contribution >= 4 is 5.71 Å². The van der Waals surface area contributed by atoms with Crippen LogP contribution in [0, 0.1) is 0 Å². The fraction of sp³-hybridized carbons (Fsp3) is 0.536. The molecular formula is C28H35F3N2O. The van der Waals surface area contributed by atoms with Gasteiger partial charge in [-0.3, -0.25) is 4.90 Å². The highest BCUT2D eigenvalue weighted by atomic mass is 19.4. The predicted octanol–water partition coefficient (Wildman–Crippen LogP) is 7.46. The first kappa shape index (κ1) is 12.1. The van der Waals surface area contributed by atoms with Gasteiger partial charge < -0.3 is 4.84 Å². The highest BCUT2D eigenvalue weighted by molar-refractivity contribution is 5.98. The van der Waals surface area contributed by atoms with Crippen LogP contribution in [0.2, 0.25) is 0 Å². The highest BCUT2D eigenvalue weighted by Crippen LogP contribution is 2.41. The highest BCUT2D eigenvalue weighted by Gasteiger charge is 2.35. The predicted molar refractivity (Wildman–Crippen MR) is 130 cm³/mol. The lowest BCUT2D eigenvalue weighted by Gasteiger charge is -2.31. The molecule has 184 valence electrons. The molecule has 1 saturated carbocycles. The van der Waals surface area contributed by atoms with Crippen molar-refractivity contribution < 1.29 is 38.6 Å². The molecule has 0 aromatic heterocycles. The second-order valence-electron chi connectivity index (χ2n) is 8.03. The number of halogens is 3. The van der Waals surface area contributed by atoms with Gasteiger partial charge >= 0.3 is 6.18 Å². The average Bonchev–Trinajstić information content (AvgIpc) is 2.97. The summed E-state index contributed by atoms with van der Waals surface area (Å²) in [4.78, 5) is 5.11. The Morgan fingerprint density at radius 3 is 2.71 bits per heavy atom. The van der Waals surface area contributed by atoms with Crippen molar-refractivity contribution in [3.63, 3.8) is 0 Å². The molecule has 0 amide bonds. The third-order valence-electron chi connectivity index (χ3n) is 5.70. The minimum atomic E-state index is -4.91. The molecule has 2 aromatic rings. The number of alkyl halides is 3. The monoisotopic (exact) mass is 487 g/mol. The molecule has 1 aliphatic carbocycles. The molecule has 0 spiro atoms. The smallest absolute Gasteiger partial charge is 0.391 e. The van der Waals surface area contributed by atoms with Gasteiger partial charge in [0.2, 0.25) is 0 Å². The quantitative estimate of drug-likeness (QED) is 0.285.